The van der Waals surface area contributed by atoms with Crippen LogP contribution in [0.1, 0.15) is 18.9 Å². The van der Waals surface area contributed by atoms with E-state index in [4.69, 9.17) is 16.3 Å². The number of nitrogens with zero attached hydrogens (tertiary/aromatic N) is 1. The lowest BCUT2D eigenvalue weighted by Gasteiger charge is -2.09. The largest absolute Gasteiger partial charge is 0.495 e. The zero-order valence-electron chi connectivity index (χ0n) is 11.8. The Labute approximate surface area is 124 Å². The van der Waals surface area contributed by atoms with Gasteiger partial charge in [-0.1, -0.05) is 24.6 Å². The first-order valence-corrected chi connectivity index (χ1v) is 7.11. The summed E-state index contributed by atoms with van der Waals surface area (Å²) in [6, 6.07) is 8.00. The summed E-state index contributed by atoms with van der Waals surface area (Å²) in [4.78, 5) is 4.19. The smallest absolute Gasteiger partial charge is 0.137 e. The molecule has 0 saturated heterocycles. The predicted octanol–water partition coefficient (Wildman–Crippen LogP) is 3.91. The molecule has 0 aliphatic carbocycles. The SMILES string of the molecule is CCCNCc1cc(-c2cncc(OC)c2)ccc1Cl. The lowest BCUT2D eigenvalue weighted by molar-refractivity contribution is 0.413. The normalized spacial score (nSPS) is 10.6. The van der Waals surface area contributed by atoms with Gasteiger partial charge in [-0.3, -0.25) is 4.98 Å². The minimum atomic E-state index is 0.753. The third kappa shape index (κ3) is 3.71. The van der Waals surface area contributed by atoms with Gasteiger partial charge in [-0.25, -0.2) is 0 Å². The van der Waals surface area contributed by atoms with E-state index in [9.17, 15) is 0 Å². The first-order chi connectivity index (χ1) is 9.74. The van der Waals surface area contributed by atoms with E-state index >= 15 is 0 Å². The molecule has 106 valence electrons. The van der Waals surface area contributed by atoms with E-state index in [1.165, 1.54) is 0 Å². The van der Waals surface area contributed by atoms with Gasteiger partial charge in [0, 0.05) is 23.3 Å². The second-order valence-corrected chi connectivity index (χ2v) is 5.00. The fourth-order valence-electron chi connectivity index (χ4n) is 1.98. The summed E-state index contributed by atoms with van der Waals surface area (Å²) in [6.45, 7) is 3.91. The van der Waals surface area contributed by atoms with E-state index in [0.29, 0.717) is 0 Å². The van der Waals surface area contributed by atoms with Crippen LogP contribution in [0.3, 0.4) is 0 Å². The second kappa shape index (κ2) is 7.27. The van der Waals surface area contributed by atoms with Gasteiger partial charge in [-0.2, -0.15) is 0 Å². The molecule has 0 unspecified atom stereocenters. The van der Waals surface area contributed by atoms with Crippen LogP contribution in [0.5, 0.6) is 5.75 Å². The first kappa shape index (κ1) is 14.8. The van der Waals surface area contributed by atoms with Crippen molar-refractivity contribution in [3.63, 3.8) is 0 Å². The Morgan fingerprint density at radius 3 is 2.80 bits per heavy atom. The quantitative estimate of drug-likeness (QED) is 0.819. The maximum Gasteiger partial charge on any atom is 0.137 e. The minimum absolute atomic E-state index is 0.753. The van der Waals surface area contributed by atoms with Crippen LogP contribution in [-0.4, -0.2) is 18.6 Å². The molecule has 0 amide bonds. The number of methoxy groups -OCH3 is 1. The number of hydrogen-bond donors (Lipinski definition) is 1. The van der Waals surface area contributed by atoms with Crippen molar-refractivity contribution < 1.29 is 4.74 Å². The number of pyridine rings is 1. The molecule has 0 fully saturated rings. The highest BCUT2D eigenvalue weighted by Gasteiger charge is 2.05. The molecular formula is C16H19ClN2O. The number of halogens is 1. The zero-order chi connectivity index (χ0) is 14.4. The van der Waals surface area contributed by atoms with Crippen LogP contribution in [0, 0.1) is 0 Å². The van der Waals surface area contributed by atoms with Crippen molar-refractivity contribution in [3.8, 4) is 16.9 Å². The molecule has 1 heterocycles. The Morgan fingerprint density at radius 2 is 2.05 bits per heavy atom. The molecule has 2 rings (SSSR count). The van der Waals surface area contributed by atoms with Crippen LogP contribution in [0.2, 0.25) is 5.02 Å². The molecule has 2 aromatic rings. The summed E-state index contributed by atoms with van der Waals surface area (Å²) < 4.78 is 5.21. The summed E-state index contributed by atoms with van der Waals surface area (Å²) >= 11 is 6.24. The van der Waals surface area contributed by atoms with Gasteiger partial charge in [0.2, 0.25) is 0 Å². The van der Waals surface area contributed by atoms with Crippen LogP contribution in [-0.2, 0) is 6.54 Å². The molecular weight excluding hydrogens is 272 g/mol. The highest BCUT2D eigenvalue weighted by atomic mass is 35.5. The Balaban J connectivity index is 2.25. The monoisotopic (exact) mass is 290 g/mol. The van der Waals surface area contributed by atoms with E-state index in [1.54, 1.807) is 13.3 Å². The molecule has 0 atom stereocenters. The summed E-state index contributed by atoms with van der Waals surface area (Å²) in [7, 11) is 1.64. The van der Waals surface area contributed by atoms with Gasteiger partial charge in [0.15, 0.2) is 0 Å². The van der Waals surface area contributed by atoms with E-state index < -0.39 is 0 Å². The van der Waals surface area contributed by atoms with Gasteiger partial charge in [-0.05, 0) is 42.3 Å². The number of ether oxygens (including phenoxy) is 1. The molecule has 4 heteroatoms. The number of aromatic nitrogens is 1. The van der Waals surface area contributed by atoms with Crippen LogP contribution in [0.4, 0.5) is 0 Å². The molecule has 3 nitrogen and oxygen atoms in total. The maximum absolute atomic E-state index is 6.24. The summed E-state index contributed by atoms with van der Waals surface area (Å²) in [5.41, 5.74) is 3.22. The summed E-state index contributed by atoms with van der Waals surface area (Å²) in [5, 5.41) is 4.15. The highest BCUT2D eigenvalue weighted by Crippen LogP contribution is 2.26. The van der Waals surface area contributed by atoms with E-state index in [0.717, 1.165) is 47.0 Å². The van der Waals surface area contributed by atoms with Crippen LogP contribution < -0.4 is 10.1 Å². The molecule has 1 aromatic carbocycles. The minimum Gasteiger partial charge on any atom is -0.495 e. The molecule has 0 radical (unpaired) electrons. The number of benzene rings is 1. The second-order valence-electron chi connectivity index (χ2n) is 4.60. The van der Waals surface area contributed by atoms with Crippen molar-refractivity contribution in [3.05, 3.63) is 47.2 Å². The van der Waals surface area contributed by atoms with Crippen molar-refractivity contribution in [2.75, 3.05) is 13.7 Å². The molecule has 0 spiro atoms. The zero-order valence-corrected chi connectivity index (χ0v) is 12.6. The Bertz CT molecular complexity index is 572. The molecule has 20 heavy (non-hydrogen) atoms. The molecule has 0 bridgehead atoms. The van der Waals surface area contributed by atoms with Gasteiger partial charge in [0.25, 0.3) is 0 Å². The van der Waals surface area contributed by atoms with Crippen LogP contribution >= 0.6 is 11.6 Å². The van der Waals surface area contributed by atoms with E-state index in [2.05, 4.69) is 23.3 Å². The average molecular weight is 291 g/mol. The topological polar surface area (TPSA) is 34.2 Å². The third-order valence-electron chi connectivity index (χ3n) is 3.07. The maximum atomic E-state index is 6.24. The summed E-state index contributed by atoms with van der Waals surface area (Å²) in [5.74, 6) is 0.753. The molecule has 0 aliphatic rings. The first-order valence-electron chi connectivity index (χ1n) is 6.73. The van der Waals surface area contributed by atoms with Crippen LogP contribution in [0.25, 0.3) is 11.1 Å². The number of rotatable bonds is 6. The van der Waals surface area contributed by atoms with Gasteiger partial charge < -0.3 is 10.1 Å². The Kier molecular flexibility index (Phi) is 5.39. The summed E-state index contributed by atoms with van der Waals surface area (Å²) in [6.07, 6.45) is 4.63. The average Bonchev–Trinajstić information content (AvgIpc) is 2.49. The standard InChI is InChI=1S/C16H19ClN2O/c1-3-6-18-10-14-7-12(4-5-16(14)17)13-8-15(20-2)11-19-9-13/h4-5,7-9,11,18H,3,6,10H2,1-2H3. The van der Waals surface area contributed by atoms with Gasteiger partial charge >= 0.3 is 0 Å². The highest BCUT2D eigenvalue weighted by molar-refractivity contribution is 6.31. The van der Waals surface area contributed by atoms with Crippen molar-refractivity contribution in [1.29, 1.82) is 0 Å². The van der Waals surface area contributed by atoms with Crippen molar-refractivity contribution in [2.24, 2.45) is 0 Å². The number of hydrogen-bond acceptors (Lipinski definition) is 3. The third-order valence-corrected chi connectivity index (χ3v) is 3.44. The van der Waals surface area contributed by atoms with Crippen molar-refractivity contribution in [2.45, 2.75) is 19.9 Å². The molecule has 0 saturated carbocycles. The van der Waals surface area contributed by atoms with Crippen molar-refractivity contribution in [1.82, 2.24) is 10.3 Å². The molecule has 1 N–H and O–H groups in total. The Hall–Kier alpha value is -1.58. The van der Waals surface area contributed by atoms with Crippen LogP contribution in [0.15, 0.2) is 36.7 Å². The molecule has 1 aromatic heterocycles. The Morgan fingerprint density at radius 1 is 1.20 bits per heavy atom. The lowest BCUT2D eigenvalue weighted by atomic mass is 10.0. The van der Waals surface area contributed by atoms with Gasteiger partial charge in [0.05, 0.1) is 13.3 Å². The number of nitrogens with one attached hydrogen (secondary N) is 1. The fourth-order valence-corrected chi connectivity index (χ4v) is 2.16. The fraction of sp³-hybridized carbons (Fsp3) is 0.312. The molecule has 0 aliphatic heterocycles. The predicted molar refractivity (Wildman–Crippen MR) is 83.2 cm³/mol. The lowest BCUT2D eigenvalue weighted by Crippen LogP contribution is -2.14. The van der Waals surface area contributed by atoms with E-state index in [1.807, 2.05) is 24.4 Å². The van der Waals surface area contributed by atoms with Crippen molar-refractivity contribution >= 4 is 11.6 Å². The van der Waals surface area contributed by atoms with Gasteiger partial charge in [-0.15, -0.1) is 0 Å². The van der Waals surface area contributed by atoms with E-state index in [-0.39, 0.29) is 0 Å². The van der Waals surface area contributed by atoms with Gasteiger partial charge in [0.1, 0.15) is 5.75 Å².